The molecule has 1 rings (SSSR count). The van der Waals surface area contributed by atoms with Crippen LogP contribution in [0.1, 0.15) is 26.7 Å². The minimum atomic E-state index is 0.0671. The molecule has 0 amide bonds. The summed E-state index contributed by atoms with van der Waals surface area (Å²) in [6.45, 7) is 5.08. The highest BCUT2D eigenvalue weighted by atomic mass is 16.5. The lowest BCUT2D eigenvalue weighted by molar-refractivity contribution is -0.107. The molecule has 0 N–H and O–H groups in total. The molecule has 0 bridgehead atoms. The first-order valence-corrected chi connectivity index (χ1v) is 3.83. The Bertz CT molecular complexity index is 114. The molecule has 0 aromatic carbocycles. The number of hydrogen-bond donors (Lipinski definition) is 0. The summed E-state index contributed by atoms with van der Waals surface area (Å²) in [5, 5.41) is 0. The van der Waals surface area contributed by atoms with Crippen LogP contribution in [-0.2, 0) is 9.47 Å². The average molecular weight is 144 g/mol. The molecule has 1 heterocycles. The van der Waals surface area contributed by atoms with Gasteiger partial charge in [-0.1, -0.05) is 0 Å². The fourth-order valence-electron chi connectivity index (χ4n) is 1.43. The van der Waals surface area contributed by atoms with Crippen molar-refractivity contribution in [2.24, 2.45) is 0 Å². The summed E-state index contributed by atoms with van der Waals surface area (Å²) in [4.78, 5) is 0. The largest absolute Gasteiger partial charge is 0.378 e. The Balaban J connectivity index is 2.45. The van der Waals surface area contributed by atoms with Crippen molar-refractivity contribution in [3.63, 3.8) is 0 Å². The van der Waals surface area contributed by atoms with Crippen molar-refractivity contribution >= 4 is 0 Å². The molecule has 2 nitrogen and oxygen atoms in total. The summed E-state index contributed by atoms with van der Waals surface area (Å²) in [6.07, 6.45) is 2.40. The van der Waals surface area contributed by atoms with E-state index in [4.69, 9.17) is 9.47 Å². The Labute approximate surface area is 62.5 Å². The van der Waals surface area contributed by atoms with Crippen molar-refractivity contribution in [1.82, 2.24) is 0 Å². The van der Waals surface area contributed by atoms with Crippen LogP contribution < -0.4 is 0 Å². The SMILES string of the molecule is CO[C@]1(C)CCOC(C)C1. The van der Waals surface area contributed by atoms with E-state index in [2.05, 4.69) is 13.8 Å². The normalized spacial score (nSPS) is 41.7. The number of methoxy groups -OCH3 is 1. The minimum Gasteiger partial charge on any atom is -0.378 e. The monoisotopic (exact) mass is 144 g/mol. The van der Waals surface area contributed by atoms with E-state index in [0.717, 1.165) is 19.4 Å². The van der Waals surface area contributed by atoms with Crippen molar-refractivity contribution in [3.8, 4) is 0 Å². The number of rotatable bonds is 1. The van der Waals surface area contributed by atoms with Gasteiger partial charge in [0.15, 0.2) is 0 Å². The van der Waals surface area contributed by atoms with Crippen LogP contribution in [0.15, 0.2) is 0 Å². The Hall–Kier alpha value is -0.0800. The second-order valence-corrected chi connectivity index (χ2v) is 3.29. The molecule has 0 aromatic rings. The van der Waals surface area contributed by atoms with Gasteiger partial charge in [0.1, 0.15) is 0 Å². The Kier molecular flexibility index (Phi) is 2.32. The van der Waals surface area contributed by atoms with Crippen molar-refractivity contribution in [2.45, 2.75) is 38.4 Å². The van der Waals surface area contributed by atoms with E-state index in [9.17, 15) is 0 Å². The van der Waals surface area contributed by atoms with Crippen molar-refractivity contribution < 1.29 is 9.47 Å². The highest BCUT2D eigenvalue weighted by Crippen LogP contribution is 2.26. The lowest BCUT2D eigenvalue weighted by atomic mass is 9.93. The molecule has 60 valence electrons. The van der Waals surface area contributed by atoms with Gasteiger partial charge in [-0.3, -0.25) is 0 Å². The lowest BCUT2D eigenvalue weighted by Crippen LogP contribution is -2.38. The van der Waals surface area contributed by atoms with E-state index >= 15 is 0 Å². The summed E-state index contributed by atoms with van der Waals surface area (Å²) in [5.41, 5.74) is 0.0671. The first kappa shape index (κ1) is 8.02. The summed E-state index contributed by atoms with van der Waals surface area (Å²) in [7, 11) is 1.78. The topological polar surface area (TPSA) is 18.5 Å². The Morgan fingerprint density at radius 3 is 2.70 bits per heavy atom. The zero-order chi connectivity index (χ0) is 7.61. The van der Waals surface area contributed by atoms with E-state index in [-0.39, 0.29) is 5.60 Å². The van der Waals surface area contributed by atoms with Crippen LogP contribution in [0.4, 0.5) is 0 Å². The summed E-state index contributed by atoms with van der Waals surface area (Å²) < 4.78 is 10.8. The van der Waals surface area contributed by atoms with E-state index in [1.165, 1.54) is 0 Å². The van der Waals surface area contributed by atoms with Gasteiger partial charge in [0.2, 0.25) is 0 Å². The quantitative estimate of drug-likeness (QED) is 0.556. The van der Waals surface area contributed by atoms with Gasteiger partial charge < -0.3 is 9.47 Å². The molecule has 2 atom stereocenters. The molecule has 1 saturated heterocycles. The van der Waals surface area contributed by atoms with Gasteiger partial charge in [0.05, 0.1) is 11.7 Å². The number of ether oxygens (including phenoxy) is 2. The highest BCUT2D eigenvalue weighted by Gasteiger charge is 2.30. The van der Waals surface area contributed by atoms with Gasteiger partial charge in [-0.15, -0.1) is 0 Å². The van der Waals surface area contributed by atoms with Crippen LogP contribution in [0, 0.1) is 0 Å². The Morgan fingerprint density at radius 1 is 1.60 bits per heavy atom. The molecular formula is C8H16O2. The van der Waals surface area contributed by atoms with Gasteiger partial charge in [-0.05, 0) is 20.3 Å². The smallest absolute Gasteiger partial charge is 0.0697 e. The van der Waals surface area contributed by atoms with E-state index < -0.39 is 0 Å². The molecule has 1 unspecified atom stereocenters. The molecule has 0 aromatic heterocycles. The first-order valence-electron chi connectivity index (χ1n) is 3.83. The predicted molar refractivity (Wildman–Crippen MR) is 40.1 cm³/mol. The van der Waals surface area contributed by atoms with Crippen molar-refractivity contribution in [1.29, 1.82) is 0 Å². The third-order valence-electron chi connectivity index (χ3n) is 2.25. The molecule has 10 heavy (non-hydrogen) atoms. The highest BCUT2D eigenvalue weighted by molar-refractivity contribution is 4.80. The van der Waals surface area contributed by atoms with E-state index in [1.54, 1.807) is 7.11 Å². The van der Waals surface area contributed by atoms with Crippen LogP contribution in [0.5, 0.6) is 0 Å². The third kappa shape index (κ3) is 1.70. The van der Waals surface area contributed by atoms with Gasteiger partial charge in [0.25, 0.3) is 0 Å². The molecule has 0 spiro atoms. The maximum absolute atomic E-state index is 5.40. The van der Waals surface area contributed by atoms with E-state index in [0.29, 0.717) is 6.10 Å². The van der Waals surface area contributed by atoms with Crippen LogP contribution in [0.25, 0.3) is 0 Å². The zero-order valence-corrected chi connectivity index (χ0v) is 7.02. The average Bonchev–Trinajstić information content (AvgIpc) is 1.88. The van der Waals surface area contributed by atoms with Crippen molar-refractivity contribution in [2.75, 3.05) is 13.7 Å². The lowest BCUT2D eigenvalue weighted by Gasteiger charge is -2.35. The maximum Gasteiger partial charge on any atom is 0.0697 e. The minimum absolute atomic E-state index is 0.0671. The standard InChI is InChI=1S/C8H16O2/c1-7-6-8(2,9-3)4-5-10-7/h7H,4-6H2,1-3H3/t7?,8-/m1/s1. The fraction of sp³-hybridized carbons (Fsp3) is 1.00. The van der Waals surface area contributed by atoms with Crippen molar-refractivity contribution in [3.05, 3.63) is 0 Å². The van der Waals surface area contributed by atoms with Crippen LogP contribution >= 0.6 is 0 Å². The summed E-state index contributed by atoms with van der Waals surface area (Å²) in [5.74, 6) is 0. The maximum atomic E-state index is 5.40. The molecule has 1 aliphatic rings. The third-order valence-corrected chi connectivity index (χ3v) is 2.25. The molecule has 0 saturated carbocycles. The molecule has 2 heteroatoms. The second kappa shape index (κ2) is 2.89. The van der Waals surface area contributed by atoms with E-state index in [1.807, 2.05) is 0 Å². The van der Waals surface area contributed by atoms with Gasteiger partial charge in [-0.25, -0.2) is 0 Å². The van der Waals surface area contributed by atoms with Crippen LogP contribution in [-0.4, -0.2) is 25.4 Å². The van der Waals surface area contributed by atoms with Gasteiger partial charge in [-0.2, -0.15) is 0 Å². The molecule has 1 aliphatic heterocycles. The number of hydrogen-bond acceptors (Lipinski definition) is 2. The van der Waals surface area contributed by atoms with Gasteiger partial charge in [0, 0.05) is 20.1 Å². The molecule has 0 radical (unpaired) electrons. The predicted octanol–water partition coefficient (Wildman–Crippen LogP) is 1.59. The fourth-order valence-corrected chi connectivity index (χ4v) is 1.43. The van der Waals surface area contributed by atoms with Crippen LogP contribution in [0.3, 0.4) is 0 Å². The second-order valence-electron chi connectivity index (χ2n) is 3.29. The first-order chi connectivity index (χ1) is 4.66. The summed E-state index contributed by atoms with van der Waals surface area (Å²) >= 11 is 0. The molecule has 1 fully saturated rings. The zero-order valence-electron chi connectivity index (χ0n) is 7.02. The van der Waals surface area contributed by atoms with Crippen LogP contribution in [0.2, 0.25) is 0 Å². The molecular weight excluding hydrogens is 128 g/mol. The van der Waals surface area contributed by atoms with Gasteiger partial charge >= 0.3 is 0 Å². The Morgan fingerprint density at radius 2 is 2.30 bits per heavy atom. The summed E-state index contributed by atoms with van der Waals surface area (Å²) in [6, 6.07) is 0. The molecule has 0 aliphatic carbocycles.